The van der Waals surface area contributed by atoms with Gasteiger partial charge in [-0.1, -0.05) is 0 Å². The van der Waals surface area contributed by atoms with Gasteiger partial charge in [-0.05, 0) is 50.9 Å². The predicted octanol–water partition coefficient (Wildman–Crippen LogP) is 3.75. The van der Waals surface area contributed by atoms with E-state index in [1.807, 2.05) is 6.92 Å². The molecule has 0 N–H and O–H groups in total. The van der Waals surface area contributed by atoms with Crippen LogP contribution >= 0.6 is 31.9 Å². The van der Waals surface area contributed by atoms with Crippen LogP contribution in [0, 0.1) is 5.82 Å². The highest BCUT2D eigenvalue weighted by Crippen LogP contribution is 2.29. The molecule has 0 bridgehead atoms. The van der Waals surface area contributed by atoms with E-state index in [0.29, 0.717) is 11.1 Å². The first kappa shape index (κ1) is 9.99. The van der Waals surface area contributed by atoms with Crippen LogP contribution in [0.25, 0.3) is 0 Å². The van der Waals surface area contributed by atoms with Gasteiger partial charge in [0.05, 0.1) is 6.61 Å². The van der Waals surface area contributed by atoms with Gasteiger partial charge in [-0.15, -0.1) is 0 Å². The molecule has 1 aromatic carbocycles. The minimum atomic E-state index is -0.355. The van der Waals surface area contributed by atoms with E-state index in [1.165, 1.54) is 6.07 Å². The standard InChI is InChI=1S/C8H7Br2FO/c1-2-12-8-4-6(10)5(9)3-7(8)11/h3-4H,2H2,1H3. The monoisotopic (exact) mass is 296 g/mol. The summed E-state index contributed by atoms with van der Waals surface area (Å²) in [5, 5.41) is 0. The Morgan fingerprint density at radius 1 is 1.33 bits per heavy atom. The fraction of sp³-hybridized carbons (Fsp3) is 0.250. The van der Waals surface area contributed by atoms with E-state index < -0.39 is 0 Å². The molecular weight excluding hydrogens is 291 g/mol. The van der Waals surface area contributed by atoms with Crippen molar-refractivity contribution >= 4 is 31.9 Å². The summed E-state index contributed by atoms with van der Waals surface area (Å²) in [6.07, 6.45) is 0. The Kier molecular flexibility index (Phi) is 3.53. The molecule has 0 aromatic heterocycles. The summed E-state index contributed by atoms with van der Waals surface area (Å²) in [4.78, 5) is 0. The maximum Gasteiger partial charge on any atom is 0.166 e. The largest absolute Gasteiger partial charge is 0.491 e. The first-order chi connectivity index (χ1) is 5.65. The van der Waals surface area contributed by atoms with Gasteiger partial charge in [-0.3, -0.25) is 0 Å². The highest BCUT2D eigenvalue weighted by atomic mass is 79.9. The van der Waals surface area contributed by atoms with Crippen molar-refractivity contribution in [2.75, 3.05) is 6.61 Å². The molecule has 0 unspecified atom stereocenters. The van der Waals surface area contributed by atoms with Gasteiger partial charge in [-0.25, -0.2) is 4.39 Å². The Morgan fingerprint density at radius 2 is 1.92 bits per heavy atom. The predicted molar refractivity (Wildman–Crippen MR) is 53.0 cm³/mol. The smallest absolute Gasteiger partial charge is 0.166 e. The Morgan fingerprint density at radius 3 is 2.50 bits per heavy atom. The molecular formula is C8H7Br2FO. The fourth-order valence-electron chi connectivity index (χ4n) is 0.770. The first-order valence-electron chi connectivity index (χ1n) is 3.42. The number of rotatable bonds is 2. The Hall–Kier alpha value is -0.0900. The van der Waals surface area contributed by atoms with Gasteiger partial charge in [-0.2, -0.15) is 0 Å². The van der Waals surface area contributed by atoms with E-state index in [1.54, 1.807) is 6.07 Å². The zero-order chi connectivity index (χ0) is 9.14. The second kappa shape index (κ2) is 4.23. The van der Waals surface area contributed by atoms with Gasteiger partial charge in [0.25, 0.3) is 0 Å². The molecule has 0 aliphatic carbocycles. The van der Waals surface area contributed by atoms with Gasteiger partial charge in [0.1, 0.15) is 0 Å². The van der Waals surface area contributed by atoms with Crippen molar-refractivity contribution in [1.82, 2.24) is 0 Å². The van der Waals surface area contributed by atoms with Crippen molar-refractivity contribution in [2.45, 2.75) is 6.92 Å². The maximum atomic E-state index is 13.0. The highest BCUT2D eigenvalue weighted by Gasteiger charge is 2.06. The summed E-state index contributed by atoms with van der Waals surface area (Å²) in [6.45, 7) is 2.28. The SMILES string of the molecule is CCOc1cc(Br)c(Br)cc1F. The minimum Gasteiger partial charge on any atom is -0.491 e. The summed E-state index contributed by atoms with van der Waals surface area (Å²) in [7, 11) is 0. The summed E-state index contributed by atoms with van der Waals surface area (Å²) in [6, 6.07) is 2.97. The molecule has 4 heteroatoms. The zero-order valence-corrected chi connectivity index (χ0v) is 9.58. The van der Waals surface area contributed by atoms with E-state index >= 15 is 0 Å². The van der Waals surface area contributed by atoms with Gasteiger partial charge < -0.3 is 4.74 Å². The van der Waals surface area contributed by atoms with Crippen LogP contribution in [0.5, 0.6) is 5.75 Å². The number of ether oxygens (including phenoxy) is 1. The quantitative estimate of drug-likeness (QED) is 0.756. The Bertz CT molecular complexity index is 289. The molecule has 0 saturated heterocycles. The Balaban J connectivity index is 3.05. The average Bonchev–Trinajstić information content (AvgIpc) is 2.01. The van der Waals surface area contributed by atoms with Crippen molar-refractivity contribution in [3.8, 4) is 5.75 Å². The number of hydrogen-bond acceptors (Lipinski definition) is 1. The molecule has 0 radical (unpaired) electrons. The van der Waals surface area contributed by atoms with E-state index in [4.69, 9.17) is 4.74 Å². The van der Waals surface area contributed by atoms with Crippen molar-refractivity contribution in [3.05, 3.63) is 26.9 Å². The van der Waals surface area contributed by atoms with Crippen molar-refractivity contribution in [3.63, 3.8) is 0 Å². The Labute approximate surface area is 87.2 Å². The lowest BCUT2D eigenvalue weighted by atomic mass is 10.3. The van der Waals surface area contributed by atoms with Crippen LogP contribution in [-0.2, 0) is 0 Å². The number of benzene rings is 1. The summed E-state index contributed by atoms with van der Waals surface area (Å²) in [5.74, 6) is -0.0838. The van der Waals surface area contributed by atoms with E-state index in [-0.39, 0.29) is 11.6 Å². The van der Waals surface area contributed by atoms with Gasteiger partial charge in [0.2, 0.25) is 0 Å². The molecule has 66 valence electrons. The van der Waals surface area contributed by atoms with Gasteiger partial charge in [0, 0.05) is 8.95 Å². The van der Waals surface area contributed by atoms with Crippen LogP contribution in [0.3, 0.4) is 0 Å². The van der Waals surface area contributed by atoms with Crippen molar-refractivity contribution in [1.29, 1.82) is 0 Å². The van der Waals surface area contributed by atoms with Crippen LogP contribution < -0.4 is 4.74 Å². The van der Waals surface area contributed by atoms with Crippen LogP contribution in [-0.4, -0.2) is 6.61 Å². The molecule has 0 atom stereocenters. The third-order valence-corrected chi connectivity index (χ3v) is 3.12. The molecule has 0 aliphatic rings. The molecule has 0 heterocycles. The third-order valence-electron chi connectivity index (χ3n) is 1.27. The van der Waals surface area contributed by atoms with E-state index in [9.17, 15) is 4.39 Å². The van der Waals surface area contributed by atoms with Crippen LogP contribution in [0.2, 0.25) is 0 Å². The zero-order valence-electron chi connectivity index (χ0n) is 6.40. The van der Waals surface area contributed by atoms with E-state index in [0.717, 1.165) is 4.47 Å². The number of halogens is 3. The van der Waals surface area contributed by atoms with Gasteiger partial charge >= 0.3 is 0 Å². The summed E-state index contributed by atoms with van der Waals surface area (Å²) >= 11 is 6.45. The molecule has 12 heavy (non-hydrogen) atoms. The summed E-state index contributed by atoms with van der Waals surface area (Å²) in [5.41, 5.74) is 0. The molecule has 1 aromatic rings. The third kappa shape index (κ3) is 2.20. The minimum absolute atomic E-state index is 0.271. The lowest BCUT2D eigenvalue weighted by Crippen LogP contribution is -1.94. The van der Waals surface area contributed by atoms with Crippen LogP contribution in [0.15, 0.2) is 21.1 Å². The van der Waals surface area contributed by atoms with Crippen molar-refractivity contribution in [2.24, 2.45) is 0 Å². The topological polar surface area (TPSA) is 9.23 Å². The molecule has 1 rings (SSSR count). The fourth-order valence-corrected chi connectivity index (χ4v) is 1.41. The lowest BCUT2D eigenvalue weighted by Gasteiger charge is -2.05. The molecule has 0 spiro atoms. The number of hydrogen-bond donors (Lipinski definition) is 0. The molecule has 0 aliphatic heterocycles. The van der Waals surface area contributed by atoms with Gasteiger partial charge in [0.15, 0.2) is 11.6 Å². The molecule has 0 saturated carbocycles. The molecule has 0 amide bonds. The van der Waals surface area contributed by atoms with E-state index in [2.05, 4.69) is 31.9 Å². The second-order valence-corrected chi connectivity index (χ2v) is 3.84. The molecule has 0 fully saturated rings. The average molecular weight is 298 g/mol. The highest BCUT2D eigenvalue weighted by molar-refractivity contribution is 9.13. The lowest BCUT2D eigenvalue weighted by molar-refractivity contribution is 0.321. The van der Waals surface area contributed by atoms with Crippen molar-refractivity contribution < 1.29 is 9.13 Å². The van der Waals surface area contributed by atoms with Crippen LogP contribution in [0.4, 0.5) is 4.39 Å². The van der Waals surface area contributed by atoms with Crippen LogP contribution in [0.1, 0.15) is 6.92 Å². The molecule has 1 nitrogen and oxygen atoms in total. The summed E-state index contributed by atoms with van der Waals surface area (Å²) < 4.78 is 19.6. The maximum absolute atomic E-state index is 13.0. The second-order valence-electron chi connectivity index (χ2n) is 2.13. The first-order valence-corrected chi connectivity index (χ1v) is 5.01. The normalized spacial score (nSPS) is 10.0.